The third kappa shape index (κ3) is 4.04. The van der Waals surface area contributed by atoms with Crippen molar-refractivity contribution in [2.75, 3.05) is 29.0 Å². The van der Waals surface area contributed by atoms with Crippen molar-refractivity contribution in [3.05, 3.63) is 54.0 Å². The lowest BCUT2D eigenvalue weighted by atomic mass is 10.1. The van der Waals surface area contributed by atoms with Crippen molar-refractivity contribution in [2.45, 2.75) is 19.3 Å². The Labute approximate surface area is 170 Å². The molecule has 3 heterocycles. The zero-order valence-electron chi connectivity index (χ0n) is 15.5. The van der Waals surface area contributed by atoms with E-state index in [1.165, 1.54) is 12.5 Å². The number of nitrogen functional groups attached to an aromatic ring is 1. The summed E-state index contributed by atoms with van der Waals surface area (Å²) in [7, 11) is 0. The number of benzene rings is 1. The van der Waals surface area contributed by atoms with E-state index in [-0.39, 0.29) is 21.3 Å². The fraction of sp³-hybridized carbons (Fsp3) is 0.250. The van der Waals surface area contributed by atoms with Crippen LogP contribution in [0.1, 0.15) is 29.8 Å². The van der Waals surface area contributed by atoms with Gasteiger partial charge >= 0.3 is 0 Å². The number of amides is 1. The van der Waals surface area contributed by atoms with Gasteiger partial charge in [0.1, 0.15) is 21.6 Å². The molecule has 1 saturated heterocycles. The van der Waals surface area contributed by atoms with E-state index in [1.807, 2.05) is 6.07 Å². The standard InChI is InChI=1S/C20H19F2N5OS/c21-12-4-5-13(14(22)10-12)20-26-17(18(23)29-20)19(28)25-15-11-24-7-6-16(15)27-8-2-1-3-9-27/h4-7,10-11H,1-3,8-9,23H2,(H,25,28). The number of thiazole rings is 1. The van der Waals surface area contributed by atoms with Crippen LogP contribution in [0.25, 0.3) is 10.6 Å². The Hall–Kier alpha value is -3.07. The van der Waals surface area contributed by atoms with Gasteiger partial charge in [0, 0.05) is 30.9 Å². The van der Waals surface area contributed by atoms with E-state index in [0.29, 0.717) is 5.69 Å². The second kappa shape index (κ2) is 8.12. The lowest BCUT2D eigenvalue weighted by Gasteiger charge is -2.30. The summed E-state index contributed by atoms with van der Waals surface area (Å²) in [6.45, 7) is 1.83. The van der Waals surface area contributed by atoms with Gasteiger partial charge in [0.05, 0.1) is 17.6 Å². The third-order valence-corrected chi connectivity index (χ3v) is 5.69. The van der Waals surface area contributed by atoms with Crippen LogP contribution in [0.15, 0.2) is 36.7 Å². The highest BCUT2D eigenvalue weighted by molar-refractivity contribution is 7.19. The maximum absolute atomic E-state index is 14.1. The topological polar surface area (TPSA) is 84.1 Å². The lowest BCUT2D eigenvalue weighted by Crippen LogP contribution is -2.30. The summed E-state index contributed by atoms with van der Waals surface area (Å²) in [5, 5.41) is 3.19. The summed E-state index contributed by atoms with van der Waals surface area (Å²) in [5.74, 6) is -1.94. The van der Waals surface area contributed by atoms with E-state index in [9.17, 15) is 13.6 Å². The highest BCUT2D eigenvalue weighted by atomic mass is 32.1. The zero-order valence-corrected chi connectivity index (χ0v) is 16.3. The summed E-state index contributed by atoms with van der Waals surface area (Å²) in [6, 6.07) is 5.05. The second-order valence-electron chi connectivity index (χ2n) is 6.75. The molecule has 0 aliphatic carbocycles. The first kappa shape index (κ1) is 19.3. The van der Waals surface area contributed by atoms with E-state index in [0.717, 1.165) is 55.1 Å². The predicted octanol–water partition coefficient (Wildman–Crippen LogP) is 4.31. The first-order valence-corrected chi connectivity index (χ1v) is 10.1. The molecule has 0 atom stereocenters. The van der Waals surface area contributed by atoms with Crippen LogP contribution in [-0.4, -0.2) is 29.0 Å². The Morgan fingerprint density at radius 1 is 1.17 bits per heavy atom. The molecule has 0 radical (unpaired) electrons. The van der Waals surface area contributed by atoms with Crippen LogP contribution < -0.4 is 16.0 Å². The molecule has 1 amide bonds. The molecule has 1 aliphatic heterocycles. The van der Waals surface area contributed by atoms with Crippen LogP contribution in [0.4, 0.5) is 25.2 Å². The van der Waals surface area contributed by atoms with Crippen LogP contribution in [0, 0.1) is 11.6 Å². The minimum atomic E-state index is -0.759. The maximum atomic E-state index is 14.1. The van der Waals surface area contributed by atoms with Gasteiger partial charge in [-0.05, 0) is 37.5 Å². The van der Waals surface area contributed by atoms with E-state index in [2.05, 4.69) is 20.2 Å². The SMILES string of the molecule is Nc1sc(-c2ccc(F)cc2F)nc1C(=O)Nc1cnccc1N1CCCCC1. The van der Waals surface area contributed by atoms with Crippen LogP contribution in [-0.2, 0) is 0 Å². The number of hydrogen-bond donors (Lipinski definition) is 2. The van der Waals surface area contributed by atoms with E-state index >= 15 is 0 Å². The number of nitrogens with two attached hydrogens (primary N) is 1. The summed E-state index contributed by atoms with van der Waals surface area (Å²) >= 11 is 0.976. The number of halogens is 2. The molecule has 0 spiro atoms. The van der Waals surface area contributed by atoms with Gasteiger partial charge in [0.25, 0.3) is 5.91 Å². The van der Waals surface area contributed by atoms with Crippen molar-refractivity contribution in [2.24, 2.45) is 0 Å². The molecule has 0 bridgehead atoms. The minimum Gasteiger partial charge on any atom is -0.389 e. The fourth-order valence-corrected chi connectivity index (χ4v) is 4.20. The average molecular weight is 415 g/mol. The Bertz CT molecular complexity index is 1050. The van der Waals surface area contributed by atoms with Gasteiger partial charge in [-0.15, -0.1) is 0 Å². The fourth-order valence-electron chi connectivity index (χ4n) is 3.35. The molecule has 3 aromatic rings. The van der Waals surface area contributed by atoms with Gasteiger partial charge in [-0.25, -0.2) is 13.8 Å². The molecule has 1 aliphatic rings. The molecule has 4 rings (SSSR count). The van der Waals surface area contributed by atoms with E-state index < -0.39 is 17.5 Å². The lowest BCUT2D eigenvalue weighted by molar-refractivity contribution is 0.102. The summed E-state index contributed by atoms with van der Waals surface area (Å²) in [5.41, 5.74) is 7.53. The number of pyridine rings is 1. The largest absolute Gasteiger partial charge is 0.389 e. The van der Waals surface area contributed by atoms with Gasteiger partial charge in [0.2, 0.25) is 0 Å². The van der Waals surface area contributed by atoms with Crippen molar-refractivity contribution in [1.29, 1.82) is 0 Å². The van der Waals surface area contributed by atoms with Crippen LogP contribution in [0.2, 0.25) is 0 Å². The number of nitrogens with one attached hydrogen (secondary N) is 1. The predicted molar refractivity (Wildman–Crippen MR) is 110 cm³/mol. The molecule has 0 saturated carbocycles. The monoisotopic (exact) mass is 415 g/mol. The van der Waals surface area contributed by atoms with E-state index in [4.69, 9.17) is 5.73 Å². The van der Waals surface area contributed by atoms with Crippen LogP contribution in [0.3, 0.4) is 0 Å². The van der Waals surface area contributed by atoms with Crippen molar-refractivity contribution in [3.8, 4) is 10.6 Å². The number of rotatable bonds is 4. The second-order valence-corrected chi connectivity index (χ2v) is 7.78. The van der Waals surface area contributed by atoms with Gasteiger partial charge in [-0.2, -0.15) is 0 Å². The molecule has 6 nitrogen and oxygen atoms in total. The molecular weight excluding hydrogens is 396 g/mol. The van der Waals surface area contributed by atoms with Crippen LogP contribution in [0.5, 0.6) is 0 Å². The summed E-state index contributed by atoms with van der Waals surface area (Å²) in [4.78, 5) is 23.3. The quantitative estimate of drug-likeness (QED) is 0.663. The van der Waals surface area contributed by atoms with Crippen molar-refractivity contribution in [3.63, 3.8) is 0 Å². The molecule has 2 aromatic heterocycles. The molecule has 0 unspecified atom stereocenters. The molecule has 1 aromatic carbocycles. The smallest absolute Gasteiger partial charge is 0.277 e. The number of nitrogens with zero attached hydrogens (tertiary/aromatic N) is 3. The number of anilines is 3. The van der Waals surface area contributed by atoms with Crippen molar-refractivity contribution in [1.82, 2.24) is 9.97 Å². The highest BCUT2D eigenvalue weighted by Crippen LogP contribution is 2.33. The first-order chi connectivity index (χ1) is 14.0. The van der Waals surface area contributed by atoms with Crippen molar-refractivity contribution < 1.29 is 13.6 Å². The normalized spacial score (nSPS) is 14.1. The molecular formula is C20H19F2N5OS. The highest BCUT2D eigenvalue weighted by Gasteiger charge is 2.21. The summed E-state index contributed by atoms with van der Waals surface area (Å²) < 4.78 is 27.2. The van der Waals surface area contributed by atoms with Crippen LogP contribution >= 0.6 is 11.3 Å². The number of hydrogen-bond acceptors (Lipinski definition) is 6. The van der Waals surface area contributed by atoms with Gasteiger partial charge in [0.15, 0.2) is 5.69 Å². The Morgan fingerprint density at radius 2 is 1.97 bits per heavy atom. The van der Waals surface area contributed by atoms with E-state index in [1.54, 1.807) is 12.4 Å². The minimum absolute atomic E-state index is 0.00201. The Balaban J connectivity index is 1.59. The molecule has 1 fully saturated rings. The van der Waals surface area contributed by atoms with Crippen molar-refractivity contribution >= 4 is 33.6 Å². The number of aromatic nitrogens is 2. The molecule has 3 N–H and O–H groups in total. The van der Waals surface area contributed by atoms with Gasteiger partial charge in [-0.3, -0.25) is 9.78 Å². The summed E-state index contributed by atoms with van der Waals surface area (Å²) in [6.07, 6.45) is 6.67. The molecule has 9 heteroatoms. The molecule has 150 valence electrons. The maximum Gasteiger partial charge on any atom is 0.277 e. The molecule has 29 heavy (non-hydrogen) atoms. The number of piperidine rings is 1. The Morgan fingerprint density at radius 3 is 2.72 bits per heavy atom. The zero-order chi connectivity index (χ0) is 20.4. The van der Waals surface area contributed by atoms with Gasteiger partial charge < -0.3 is 16.0 Å². The van der Waals surface area contributed by atoms with Gasteiger partial charge in [-0.1, -0.05) is 11.3 Å². The number of carbonyl (C=O) groups is 1. The average Bonchev–Trinajstić information content (AvgIpc) is 3.10. The Kier molecular flexibility index (Phi) is 5.39. The third-order valence-electron chi connectivity index (χ3n) is 4.77. The number of carbonyl (C=O) groups excluding carboxylic acids is 1. The first-order valence-electron chi connectivity index (χ1n) is 9.25.